The Morgan fingerprint density at radius 2 is 1.89 bits per heavy atom. The van der Waals surface area contributed by atoms with Crippen molar-refractivity contribution in [1.29, 1.82) is 0 Å². The summed E-state index contributed by atoms with van der Waals surface area (Å²) in [6.45, 7) is 0. The zero-order valence-electron chi connectivity index (χ0n) is 5.65. The van der Waals surface area contributed by atoms with E-state index in [0.29, 0.717) is 0 Å². The zero-order chi connectivity index (χ0) is 7.11. The molecule has 0 bridgehead atoms. The molecule has 0 aliphatic carbocycles. The maximum absolute atomic E-state index is 4.91. The highest BCUT2D eigenvalue weighted by Gasteiger charge is 1.90. The second-order valence-electron chi connectivity index (χ2n) is 1.42. The summed E-state index contributed by atoms with van der Waals surface area (Å²) in [7, 11) is 3.62. The van der Waals surface area contributed by atoms with Crippen molar-refractivity contribution in [2.24, 2.45) is 0 Å². The Hall–Kier alpha value is -0.960. The van der Waals surface area contributed by atoms with E-state index in [1.165, 1.54) is 0 Å². The predicted molar refractivity (Wildman–Crippen MR) is 38.5 cm³/mol. The fourth-order valence-electron chi connectivity index (χ4n) is 0.403. The lowest BCUT2D eigenvalue weighted by Crippen LogP contribution is -2.35. The van der Waals surface area contributed by atoms with E-state index in [2.05, 4.69) is 28.4 Å². The van der Waals surface area contributed by atoms with Gasteiger partial charge in [0.05, 0.1) is 0 Å². The molecule has 0 saturated heterocycles. The van der Waals surface area contributed by atoms with E-state index in [-0.39, 0.29) is 6.17 Å². The first-order valence-electron chi connectivity index (χ1n) is 2.65. The molecule has 0 aromatic heterocycles. The first-order valence-corrected chi connectivity index (χ1v) is 2.65. The molecular weight excluding hydrogens is 112 g/mol. The number of hydrogen-bond donors (Lipinski definition) is 2. The van der Waals surface area contributed by atoms with E-state index in [1.807, 2.05) is 14.1 Å². The van der Waals surface area contributed by atoms with Gasteiger partial charge in [-0.15, -0.1) is 6.42 Å². The van der Waals surface area contributed by atoms with Crippen molar-refractivity contribution in [2.75, 3.05) is 14.1 Å². The van der Waals surface area contributed by atoms with Crippen molar-refractivity contribution in [3.8, 4) is 24.2 Å². The van der Waals surface area contributed by atoms with Crippen LogP contribution >= 0.6 is 0 Å². The zero-order valence-corrected chi connectivity index (χ0v) is 5.65. The summed E-state index contributed by atoms with van der Waals surface area (Å²) in [5.41, 5.74) is 0. The van der Waals surface area contributed by atoms with Crippen LogP contribution in [0.3, 0.4) is 0 Å². The van der Waals surface area contributed by atoms with Crippen molar-refractivity contribution >= 4 is 0 Å². The van der Waals surface area contributed by atoms with E-state index in [1.54, 1.807) is 0 Å². The Bertz CT molecular complexity index is 152. The molecule has 0 atom stereocenters. The SMILES string of the molecule is C#CC#CC(NC)NC. The summed E-state index contributed by atoms with van der Waals surface area (Å²) in [5.74, 6) is 7.49. The van der Waals surface area contributed by atoms with Gasteiger partial charge in [0.2, 0.25) is 0 Å². The predicted octanol–water partition coefficient (Wildman–Crippen LogP) is -0.612. The Labute approximate surface area is 56.0 Å². The van der Waals surface area contributed by atoms with Crippen LogP contribution in [0.5, 0.6) is 0 Å². The summed E-state index contributed by atoms with van der Waals surface area (Å²) in [4.78, 5) is 0. The molecule has 0 heterocycles. The number of nitrogens with one attached hydrogen (secondary N) is 2. The van der Waals surface area contributed by atoms with Crippen molar-refractivity contribution in [2.45, 2.75) is 6.17 Å². The summed E-state index contributed by atoms with van der Waals surface area (Å²) >= 11 is 0. The number of terminal acetylenes is 1. The van der Waals surface area contributed by atoms with Gasteiger partial charge in [-0.3, -0.25) is 10.6 Å². The molecule has 0 rings (SSSR count). The molecule has 2 N–H and O–H groups in total. The van der Waals surface area contributed by atoms with Gasteiger partial charge in [-0.2, -0.15) is 0 Å². The standard InChI is InChI=1S/C7H10N2/c1-4-5-6-7(8-2)9-3/h1,7-9H,2-3H3. The first-order chi connectivity index (χ1) is 4.35. The second kappa shape index (κ2) is 5.18. The third-order valence-electron chi connectivity index (χ3n) is 0.866. The topological polar surface area (TPSA) is 24.1 Å². The van der Waals surface area contributed by atoms with Crippen molar-refractivity contribution < 1.29 is 0 Å². The average molecular weight is 122 g/mol. The van der Waals surface area contributed by atoms with Gasteiger partial charge < -0.3 is 0 Å². The van der Waals surface area contributed by atoms with Crippen molar-refractivity contribution in [3.63, 3.8) is 0 Å². The molecule has 0 amide bonds. The van der Waals surface area contributed by atoms with Crippen molar-refractivity contribution in [3.05, 3.63) is 0 Å². The average Bonchev–Trinajstić information content (AvgIpc) is 1.91. The summed E-state index contributed by atoms with van der Waals surface area (Å²) in [6.07, 6.45) is 4.91. The molecule has 0 aliphatic rings. The van der Waals surface area contributed by atoms with Crippen LogP contribution in [-0.2, 0) is 0 Å². The van der Waals surface area contributed by atoms with E-state index in [4.69, 9.17) is 6.42 Å². The van der Waals surface area contributed by atoms with E-state index in [0.717, 1.165) is 0 Å². The Morgan fingerprint density at radius 3 is 2.22 bits per heavy atom. The number of rotatable bonds is 2. The van der Waals surface area contributed by atoms with Gasteiger partial charge in [0.1, 0.15) is 6.17 Å². The molecule has 0 aromatic rings. The van der Waals surface area contributed by atoms with Crippen LogP contribution in [0.25, 0.3) is 0 Å². The van der Waals surface area contributed by atoms with Gasteiger partial charge in [-0.1, -0.05) is 5.92 Å². The third-order valence-corrected chi connectivity index (χ3v) is 0.866. The van der Waals surface area contributed by atoms with Crippen LogP contribution in [0.4, 0.5) is 0 Å². The Kier molecular flexibility index (Phi) is 4.63. The maximum atomic E-state index is 4.91. The molecule has 0 unspecified atom stereocenters. The minimum atomic E-state index is 0.000972. The van der Waals surface area contributed by atoms with Crippen LogP contribution in [0.15, 0.2) is 0 Å². The van der Waals surface area contributed by atoms with E-state index < -0.39 is 0 Å². The number of hydrogen-bond acceptors (Lipinski definition) is 2. The lowest BCUT2D eigenvalue weighted by Gasteiger charge is -2.04. The van der Waals surface area contributed by atoms with Gasteiger partial charge in [0.15, 0.2) is 0 Å². The highest BCUT2D eigenvalue weighted by atomic mass is 15.1. The molecule has 0 aromatic carbocycles. The molecule has 2 heteroatoms. The molecule has 0 fully saturated rings. The second-order valence-corrected chi connectivity index (χ2v) is 1.42. The minimum Gasteiger partial charge on any atom is -0.295 e. The largest absolute Gasteiger partial charge is 0.295 e. The molecule has 0 saturated carbocycles. The Morgan fingerprint density at radius 1 is 1.33 bits per heavy atom. The molecule has 48 valence electrons. The normalized spacial score (nSPS) is 7.78. The van der Waals surface area contributed by atoms with Crippen LogP contribution in [0.1, 0.15) is 0 Å². The summed E-state index contributed by atoms with van der Waals surface area (Å²) in [5, 5.41) is 5.81. The Balaban J connectivity index is 3.71. The summed E-state index contributed by atoms with van der Waals surface area (Å²) < 4.78 is 0. The molecule has 9 heavy (non-hydrogen) atoms. The van der Waals surface area contributed by atoms with Crippen LogP contribution in [-0.4, -0.2) is 20.3 Å². The summed E-state index contributed by atoms with van der Waals surface area (Å²) in [6, 6.07) is 0. The van der Waals surface area contributed by atoms with Crippen LogP contribution in [0, 0.1) is 24.2 Å². The lowest BCUT2D eigenvalue weighted by atomic mass is 10.5. The molecule has 0 aliphatic heterocycles. The van der Waals surface area contributed by atoms with Gasteiger partial charge in [0.25, 0.3) is 0 Å². The fourth-order valence-corrected chi connectivity index (χ4v) is 0.403. The van der Waals surface area contributed by atoms with Gasteiger partial charge in [-0.05, 0) is 25.9 Å². The maximum Gasteiger partial charge on any atom is 0.122 e. The smallest absolute Gasteiger partial charge is 0.122 e. The monoisotopic (exact) mass is 122 g/mol. The van der Waals surface area contributed by atoms with E-state index >= 15 is 0 Å². The quantitative estimate of drug-likeness (QED) is 0.377. The molecule has 0 spiro atoms. The van der Waals surface area contributed by atoms with Crippen LogP contribution < -0.4 is 10.6 Å². The molecular formula is C7H10N2. The van der Waals surface area contributed by atoms with Gasteiger partial charge in [-0.25, -0.2) is 0 Å². The molecule has 0 radical (unpaired) electrons. The van der Waals surface area contributed by atoms with Crippen LogP contribution in [0.2, 0.25) is 0 Å². The molecule has 2 nitrogen and oxygen atoms in total. The third kappa shape index (κ3) is 3.61. The lowest BCUT2D eigenvalue weighted by molar-refractivity contribution is 0.605. The fraction of sp³-hybridized carbons (Fsp3) is 0.429. The first kappa shape index (κ1) is 8.04. The minimum absolute atomic E-state index is 0.000972. The van der Waals surface area contributed by atoms with E-state index in [9.17, 15) is 0 Å². The highest BCUT2D eigenvalue weighted by molar-refractivity contribution is 5.23. The van der Waals surface area contributed by atoms with Gasteiger partial charge in [0, 0.05) is 0 Å². The highest BCUT2D eigenvalue weighted by Crippen LogP contribution is 1.66. The van der Waals surface area contributed by atoms with Gasteiger partial charge >= 0.3 is 0 Å². The van der Waals surface area contributed by atoms with Crippen molar-refractivity contribution in [1.82, 2.24) is 10.6 Å².